The predicted molar refractivity (Wildman–Crippen MR) is 77.1 cm³/mol. The number of aromatic nitrogens is 2. The van der Waals surface area contributed by atoms with E-state index in [1.165, 1.54) is 0 Å². The third kappa shape index (κ3) is 3.19. The van der Waals surface area contributed by atoms with E-state index < -0.39 is 5.54 Å². The number of rotatable bonds is 5. The number of nitrogens with one attached hydrogen (secondary N) is 1. The van der Waals surface area contributed by atoms with Gasteiger partial charge in [-0.1, -0.05) is 12.1 Å². The van der Waals surface area contributed by atoms with Crippen LogP contribution in [-0.2, 0) is 6.42 Å². The van der Waals surface area contributed by atoms with Crippen molar-refractivity contribution in [2.75, 3.05) is 18.5 Å². The van der Waals surface area contributed by atoms with Gasteiger partial charge in [0.05, 0.1) is 17.7 Å². The smallest absolute Gasteiger partial charge is 0.138 e. The lowest BCUT2D eigenvalue weighted by molar-refractivity contribution is 0.234. The molecule has 0 radical (unpaired) electrons. The summed E-state index contributed by atoms with van der Waals surface area (Å²) in [6.45, 7) is 4.39. The van der Waals surface area contributed by atoms with E-state index in [0.717, 1.165) is 22.5 Å². The Labute approximate surface area is 112 Å². The molecule has 5 heteroatoms. The minimum Gasteiger partial charge on any atom is -0.394 e. The molecule has 19 heavy (non-hydrogen) atoms. The molecular weight excluding hydrogens is 240 g/mol. The van der Waals surface area contributed by atoms with Crippen LogP contribution in [0.15, 0.2) is 24.3 Å². The molecule has 0 bridgehead atoms. The third-order valence-corrected chi connectivity index (χ3v) is 2.87. The molecule has 0 unspecified atom stereocenters. The van der Waals surface area contributed by atoms with Gasteiger partial charge in [0.15, 0.2) is 0 Å². The maximum atomic E-state index is 9.37. The van der Waals surface area contributed by atoms with Crippen LogP contribution in [0, 0.1) is 0 Å². The quantitative estimate of drug-likeness (QED) is 0.755. The predicted octanol–water partition coefficient (Wildman–Crippen LogP) is 1.31. The van der Waals surface area contributed by atoms with E-state index in [1.807, 2.05) is 38.1 Å². The Hall–Kier alpha value is -1.72. The van der Waals surface area contributed by atoms with Gasteiger partial charge in [0, 0.05) is 11.8 Å². The Morgan fingerprint density at radius 2 is 2.00 bits per heavy atom. The van der Waals surface area contributed by atoms with Crippen molar-refractivity contribution in [1.29, 1.82) is 0 Å². The molecule has 102 valence electrons. The molecule has 4 N–H and O–H groups in total. The molecule has 0 saturated heterocycles. The summed E-state index contributed by atoms with van der Waals surface area (Å²) < 4.78 is 0. The van der Waals surface area contributed by atoms with Crippen molar-refractivity contribution in [3.63, 3.8) is 0 Å². The third-order valence-electron chi connectivity index (χ3n) is 2.87. The van der Waals surface area contributed by atoms with Crippen molar-refractivity contribution in [2.45, 2.75) is 25.8 Å². The molecule has 2 rings (SSSR count). The van der Waals surface area contributed by atoms with E-state index in [0.29, 0.717) is 13.0 Å². The average Bonchev–Trinajstić information content (AvgIpc) is 2.39. The highest BCUT2D eigenvalue weighted by Crippen LogP contribution is 2.23. The van der Waals surface area contributed by atoms with Gasteiger partial charge in [0.1, 0.15) is 11.6 Å². The Bertz CT molecular complexity index is 568. The fourth-order valence-corrected chi connectivity index (χ4v) is 1.82. The zero-order valence-electron chi connectivity index (χ0n) is 11.3. The molecule has 1 aromatic heterocycles. The largest absolute Gasteiger partial charge is 0.394 e. The van der Waals surface area contributed by atoms with E-state index in [-0.39, 0.29) is 6.61 Å². The van der Waals surface area contributed by atoms with Gasteiger partial charge < -0.3 is 16.2 Å². The first kappa shape index (κ1) is 13.7. The topological polar surface area (TPSA) is 84.1 Å². The number of hydrogen-bond donors (Lipinski definition) is 3. The summed E-state index contributed by atoms with van der Waals surface area (Å²) >= 11 is 0. The molecule has 0 amide bonds. The van der Waals surface area contributed by atoms with E-state index in [4.69, 9.17) is 5.73 Å². The maximum Gasteiger partial charge on any atom is 0.138 e. The van der Waals surface area contributed by atoms with Crippen LogP contribution in [0.25, 0.3) is 10.9 Å². The van der Waals surface area contributed by atoms with Crippen LogP contribution in [0.2, 0.25) is 0 Å². The number of nitrogens with two attached hydrogens (primary N) is 1. The van der Waals surface area contributed by atoms with Crippen LogP contribution in [0.5, 0.6) is 0 Å². The number of aliphatic hydroxyl groups excluding tert-OH is 1. The monoisotopic (exact) mass is 260 g/mol. The molecule has 0 atom stereocenters. The molecule has 0 aliphatic rings. The Morgan fingerprint density at radius 1 is 1.26 bits per heavy atom. The first-order chi connectivity index (χ1) is 9.05. The van der Waals surface area contributed by atoms with Crippen LogP contribution in [0.4, 0.5) is 5.82 Å². The van der Waals surface area contributed by atoms with Gasteiger partial charge >= 0.3 is 0 Å². The summed E-state index contributed by atoms with van der Waals surface area (Å²) in [7, 11) is 0. The summed E-state index contributed by atoms with van der Waals surface area (Å²) in [5, 5.41) is 13.6. The van der Waals surface area contributed by atoms with E-state index >= 15 is 0 Å². The van der Waals surface area contributed by atoms with Crippen LogP contribution in [0.3, 0.4) is 0 Å². The molecule has 5 nitrogen and oxygen atoms in total. The lowest BCUT2D eigenvalue weighted by Crippen LogP contribution is -2.35. The number of hydrogen-bond acceptors (Lipinski definition) is 5. The number of nitrogens with zero attached hydrogens (tertiary/aromatic N) is 2. The second kappa shape index (κ2) is 5.50. The molecule has 0 saturated carbocycles. The van der Waals surface area contributed by atoms with Crippen molar-refractivity contribution in [1.82, 2.24) is 9.97 Å². The summed E-state index contributed by atoms with van der Waals surface area (Å²) in [4.78, 5) is 9.00. The van der Waals surface area contributed by atoms with Gasteiger partial charge in [-0.05, 0) is 32.5 Å². The molecule has 1 heterocycles. The number of aliphatic hydroxyl groups is 1. The molecule has 0 aliphatic heterocycles. The number of para-hydroxylation sites is 1. The van der Waals surface area contributed by atoms with Crippen molar-refractivity contribution >= 4 is 16.7 Å². The van der Waals surface area contributed by atoms with Gasteiger partial charge in [-0.2, -0.15) is 0 Å². The van der Waals surface area contributed by atoms with Crippen LogP contribution < -0.4 is 11.1 Å². The van der Waals surface area contributed by atoms with Gasteiger partial charge in [0.2, 0.25) is 0 Å². The van der Waals surface area contributed by atoms with E-state index in [2.05, 4.69) is 15.3 Å². The number of anilines is 1. The summed E-state index contributed by atoms with van der Waals surface area (Å²) in [5.74, 6) is 1.46. The molecule has 0 spiro atoms. The Balaban J connectivity index is 2.50. The van der Waals surface area contributed by atoms with Gasteiger partial charge in [-0.25, -0.2) is 9.97 Å². The van der Waals surface area contributed by atoms with Crippen LogP contribution in [-0.4, -0.2) is 33.8 Å². The maximum absolute atomic E-state index is 9.37. The standard InChI is InChI=1S/C14H20N4O/c1-14(2,9-19)18-13-10-5-3-4-6-11(10)16-12(17-13)7-8-15/h3-6,19H,7-9,15H2,1-2H3,(H,16,17,18). The second-order valence-corrected chi connectivity index (χ2v) is 5.21. The number of benzene rings is 1. The normalized spacial score (nSPS) is 11.8. The first-order valence-corrected chi connectivity index (χ1v) is 6.40. The Morgan fingerprint density at radius 3 is 2.68 bits per heavy atom. The van der Waals surface area contributed by atoms with Crippen molar-refractivity contribution in [2.24, 2.45) is 5.73 Å². The minimum absolute atomic E-state index is 0.0253. The summed E-state index contributed by atoms with van der Waals surface area (Å²) in [6.07, 6.45) is 0.638. The highest BCUT2D eigenvalue weighted by molar-refractivity contribution is 5.89. The lowest BCUT2D eigenvalue weighted by atomic mass is 10.1. The zero-order valence-corrected chi connectivity index (χ0v) is 11.3. The molecule has 0 fully saturated rings. The van der Waals surface area contributed by atoms with Crippen molar-refractivity contribution in [3.8, 4) is 0 Å². The van der Waals surface area contributed by atoms with Gasteiger partial charge in [0.25, 0.3) is 0 Å². The summed E-state index contributed by atoms with van der Waals surface area (Å²) in [6, 6.07) is 7.82. The van der Waals surface area contributed by atoms with E-state index in [9.17, 15) is 5.11 Å². The molecular formula is C14H20N4O. The Kier molecular flexibility index (Phi) is 3.97. The zero-order chi connectivity index (χ0) is 13.9. The van der Waals surface area contributed by atoms with Crippen LogP contribution >= 0.6 is 0 Å². The van der Waals surface area contributed by atoms with Crippen LogP contribution in [0.1, 0.15) is 19.7 Å². The minimum atomic E-state index is -0.433. The lowest BCUT2D eigenvalue weighted by Gasteiger charge is -2.25. The average molecular weight is 260 g/mol. The highest BCUT2D eigenvalue weighted by Gasteiger charge is 2.18. The van der Waals surface area contributed by atoms with Crippen molar-refractivity contribution in [3.05, 3.63) is 30.1 Å². The molecule has 2 aromatic rings. The highest BCUT2D eigenvalue weighted by atomic mass is 16.3. The summed E-state index contributed by atoms with van der Waals surface area (Å²) in [5.41, 5.74) is 6.02. The van der Waals surface area contributed by atoms with Gasteiger partial charge in [-0.3, -0.25) is 0 Å². The fourth-order valence-electron chi connectivity index (χ4n) is 1.82. The second-order valence-electron chi connectivity index (χ2n) is 5.21. The van der Waals surface area contributed by atoms with E-state index in [1.54, 1.807) is 0 Å². The molecule has 0 aliphatic carbocycles. The van der Waals surface area contributed by atoms with Gasteiger partial charge in [-0.15, -0.1) is 0 Å². The molecule has 1 aromatic carbocycles. The van der Waals surface area contributed by atoms with Crippen molar-refractivity contribution < 1.29 is 5.11 Å². The number of fused-ring (bicyclic) bond motifs is 1. The fraction of sp³-hybridized carbons (Fsp3) is 0.429. The SMILES string of the molecule is CC(C)(CO)Nc1nc(CCN)nc2ccccc12. The first-order valence-electron chi connectivity index (χ1n) is 6.40.